The number of nitrogens with one attached hydrogen (secondary N) is 1. The highest BCUT2D eigenvalue weighted by Crippen LogP contribution is 2.31. The summed E-state index contributed by atoms with van der Waals surface area (Å²) in [5, 5.41) is 9.64. The Balaban J connectivity index is 1.26. The van der Waals surface area contributed by atoms with Crippen molar-refractivity contribution in [1.82, 2.24) is 14.4 Å². The summed E-state index contributed by atoms with van der Waals surface area (Å²) in [7, 11) is 0. The molecule has 1 amide bonds. The Labute approximate surface area is 288 Å². The number of hydrogen-bond donors (Lipinski definition) is 1. The summed E-state index contributed by atoms with van der Waals surface area (Å²) >= 11 is 0. The van der Waals surface area contributed by atoms with Gasteiger partial charge in [0, 0.05) is 30.7 Å². The molecule has 6 rings (SSSR count). The Bertz CT molecular complexity index is 2000. The van der Waals surface area contributed by atoms with E-state index in [1.54, 1.807) is 12.1 Å². The number of amides is 1. The third-order valence-electron chi connectivity index (χ3n) is 9.48. The van der Waals surface area contributed by atoms with Gasteiger partial charge in [0.2, 0.25) is 5.91 Å². The van der Waals surface area contributed by atoms with Crippen LogP contribution >= 0.6 is 0 Å². The molecule has 0 atom stereocenters. The molecule has 5 nitrogen and oxygen atoms in total. The average molecular weight is 687 g/mol. The monoisotopic (exact) mass is 686 g/mol. The van der Waals surface area contributed by atoms with Gasteiger partial charge >= 0.3 is 6.18 Å². The number of carbonyl (C=O) groups excluding carboxylic acids is 1. The standard InChI is InChI=1S/C40H39F5N4O/c41-35-9-6-7-31(39(35)42)17-20-33-25-36(46)34-8-2-3-10-37(34)49(33)27-38(50)48(24-23-47-21-4-1-5-22-47)26-28-11-13-29(14-12-28)30-15-18-32(19-16-30)40(43,44)45/h2-3,6-16,18-19,25,46H,1,4-5,17,20-24,26-27H2. The second-order valence-electron chi connectivity index (χ2n) is 12.9. The Morgan fingerprint density at radius 2 is 1.48 bits per heavy atom. The molecule has 5 aromatic rings. The molecule has 0 saturated carbocycles. The highest BCUT2D eigenvalue weighted by atomic mass is 19.4. The zero-order valence-corrected chi connectivity index (χ0v) is 27.7. The molecular weight excluding hydrogens is 647 g/mol. The number of halogens is 5. The summed E-state index contributed by atoms with van der Waals surface area (Å²) in [4.78, 5) is 18.5. The van der Waals surface area contributed by atoms with Gasteiger partial charge in [-0.05, 0) is 91.4 Å². The van der Waals surface area contributed by atoms with E-state index in [-0.39, 0.29) is 29.8 Å². The lowest BCUT2D eigenvalue weighted by molar-refractivity contribution is -0.137. The van der Waals surface area contributed by atoms with Gasteiger partial charge < -0.3 is 19.8 Å². The molecule has 0 radical (unpaired) electrons. The number of aromatic nitrogens is 1. The maximum absolute atomic E-state index is 14.6. The number of fused-ring (bicyclic) bond motifs is 1. The molecule has 0 unspecified atom stereocenters. The number of alkyl halides is 3. The third kappa shape index (κ3) is 8.30. The first kappa shape index (κ1) is 35.0. The van der Waals surface area contributed by atoms with Gasteiger partial charge in [-0.2, -0.15) is 13.2 Å². The van der Waals surface area contributed by atoms with Crippen LogP contribution in [-0.4, -0.2) is 46.5 Å². The van der Waals surface area contributed by atoms with Gasteiger partial charge in [-0.15, -0.1) is 0 Å². The van der Waals surface area contributed by atoms with E-state index in [1.165, 1.54) is 24.6 Å². The van der Waals surface area contributed by atoms with E-state index in [0.29, 0.717) is 41.7 Å². The van der Waals surface area contributed by atoms with Crippen molar-refractivity contribution < 1.29 is 26.7 Å². The van der Waals surface area contributed by atoms with E-state index in [2.05, 4.69) is 4.90 Å². The minimum absolute atomic E-state index is 0.00853. The number of pyridine rings is 1. The van der Waals surface area contributed by atoms with Crippen molar-refractivity contribution in [2.24, 2.45) is 0 Å². The Hall–Kier alpha value is -4.83. The smallest absolute Gasteiger partial charge is 0.336 e. The van der Waals surface area contributed by atoms with E-state index in [1.807, 2.05) is 58.0 Å². The van der Waals surface area contributed by atoms with E-state index in [0.717, 1.165) is 61.8 Å². The normalized spacial score (nSPS) is 13.9. The van der Waals surface area contributed by atoms with Crippen LogP contribution in [0.3, 0.4) is 0 Å². The van der Waals surface area contributed by atoms with Crippen LogP contribution in [0, 0.1) is 17.0 Å². The van der Waals surface area contributed by atoms with Crippen molar-refractivity contribution in [1.29, 1.82) is 5.41 Å². The van der Waals surface area contributed by atoms with E-state index in [9.17, 15) is 26.7 Å². The zero-order chi connectivity index (χ0) is 35.3. The fraction of sp³-hybridized carbons (Fsp3) is 0.300. The number of likely N-dealkylation sites (tertiary alicyclic amines) is 1. The minimum Gasteiger partial charge on any atom is -0.336 e. The van der Waals surface area contributed by atoms with Crippen molar-refractivity contribution >= 4 is 16.8 Å². The molecule has 1 saturated heterocycles. The van der Waals surface area contributed by atoms with Gasteiger partial charge in [0.25, 0.3) is 0 Å². The van der Waals surface area contributed by atoms with E-state index >= 15 is 0 Å². The third-order valence-corrected chi connectivity index (χ3v) is 9.48. The fourth-order valence-corrected chi connectivity index (χ4v) is 6.66. The Kier molecular flexibility index (Phi) is 10.8. The number of aryl methyl sites for hydroxylation is 2. The number of benzene rings is 4. The highest BCUT2D eigenvalue weighted by molar-refractivity contribution is 5.82. The largest absolute Gasteiger partial charge is 0.416 e. The lowest BCUT2D eigenvalue weighted by atomic mass is 10.0. The topological polar surface area (TPSA) is 52.3 Å². The first-order valence-electron chi connectivity index (χ1n) is 16.9. The quantitative estimate of drug-likeness (QED) is 0.142. The second-order valence-corrected chi connectivity index (χ2v) is 12.9. The molecule has 4 aromatic carbocycles. The van der Waals surface area contributed by atoms with Crippen molar-refractivity contribution in [3.8, 4) is 11.1 Å². The molecule has 260 valence electrons. The van der Waals surface area contributed by atoms with Gasteiger partial charge in [0.05, 0.1) is 16.4 Å². The maximum atomic E-state index is 14.6. The van der Waals surface area contributed by atoms with E-state index < -0.39 is 23.4 Å². The van der Waals surface area contributed by atoms with Crippen molar-refractivity contribution in [3.63, 3.8) is 0 Å². The molecule has 1 aliphatic rings. The van der Waals surface area contributed by atoms with Crippen LogP contribution in [0.1, 0.15) is 41.6 Å². The lowest BCUT2D eigenvalue weighted by Gasteiger charge is -2.31. The van der Waals surface area contributed by atoms with Crippen molar-refractivity contribution in [2.45, 2.75) is 51.4 Å². The summed E-state index contributed by atoms with van der Waals surface area (Å²) in [5.41, 5.74) is 3.21. The van der Waals surface area contributed by atoms with Gasteiger partial charge in [-0.1, -0.05) is 73.2 Å². The molecule has 1 aromatic heterocycles. The molecule has 50 heavy (non-hydrogen) atoms. The molecular formula is C40H39F5N4O. The average Bonchev–Trinajstić information content (AvgIpc) is 3.12. The zero-order valence-electron chi connectivity index (χ0n) is 27.7. The predicted molar refractivity (Wildman–Crippen MR) is 184 cm³/mol. The first-order valence-corrected chi connectivity index (χ1v) is 16.9. The maximum Gasteiger partial charge on any atom is 0.416 e. The highest BCUT2D eigenvalue weighted by Gasteiger charge is 2.30. The molecule has 2 heterocycles. The summed E-state index contributed by atoms with van der Waals surface area (Å²) in [6, 6.07) is 25.7. The minimum atomic E-state index is -4.40. The summed E-state index contributed by atoms with van der Waals surface area (Å²) < 4.78 is 69.6. The number of rotatable bonds is 11. The number of nitrogens with zero attached hydrogens (tertiary/aromatic N) is 3. The van der Waals surface area contributed by atoms with Gasteiger partial charge in [-0.3, -0.25) is 4.79 Å². The molecule has 0 bridgehead atoms. The molecule has 0 spiro atoms. The van der Waals surface area contributed by atoms with Crippen LogP contribution in [0.2, 0.25) is 0 Å². The van der Waals surface area contributed by atoms with Gasteiger partial charge in [-0.25, -0.2) is 8.78 Å². The van der Waals surface area contributed by atoms with Crippen LogP contribution in [0.15, 0.2) is 97.1 Å². The van der Waals surface area contributed by atoms with Crippen LogP contribution in [0.4, 0.5) is 22.0 Å². The molecule has 10 heteroatoms. The van der Waals surface area contributed by atoms with E-state index in [4.69, 9.17) is 5.41 Å². The summed E-state index contributed by atoms with van der Waals surface area (Å²) in [6.45, 7) is 3.50. The number of carbonyl (C=O) groups is 1. The Morgan fingerprint density at radius 3 is 2.18 bits per heavy atom. The second kappa shape index (κ2) is 15.4. The fourth-order valence-electron chi connectivity index (χ4n) is 6.66. The summed E-state index contributed by atoms with van der Waals surface area (Å²) in [6.07, 6.45) is -0.474. The van der Waals surface area contributed by atoms with Crippen LogP contribution in [-0.2, 0) is 36.9 Å². The number of para-hydroxylation sites is 1. The predicted octanol–water partition coefficient (Wildman–Crippen LogP) is 8.38. The molecule has 1 N–H and O–H groups in total. The van der Waals surface area contributed by atoms with Crippen LogP contribution < -0.4 is 5.36 Å². The first-order chi connectivity index (χ1) is 24.1. The number of hydrogen-bond acceptors (Lipinski definition) is 3. The van der Waals surface area contributed by atoms with Gasteiger partial charge in [0.1, 0.15) is 6.54 Å². The van der Waals surface area contributed by atoms with Crippen LogP contribution in [0.5, 0.6) is 0 Å². The molecule has 1 aliphatic heterocycles. The molecule has 0 aliphatic carbocycles. The van der Waals surface area contributed by atoms with Crippen LogP contribution in [0.25, 0.3) is 22.0 Å². The van der Waals surface area contributed by atoms with Crippen molar-refractivity contribution in [3.05, 3.63) is 136 Å². The number of piperidine rings is 1. The Morgan fingerprint density at radius 1 is 0.800 bits per heavy atom. The summed E-state index contributed by atoms with van der Waals surface area (Å²) in [5.74, 6) is -1.93. The van der Waals surface area contributed by atoms with Crippen molar-refractivity contribution in [2.75, 3.05) is 26.2 Å². The lowest BCUT2D eigenvalue weighted by Crippen LogP contribution is -2.41. The van der Waals surface area contributed by atoms with Gasteiger partial charge in [0.15, 0.2) is 11.6 Å². The molecule has 1 fully saturated rings. The SMILES string of the molecule is N=c1cc(CCc2cccc(F)c2F)n(CC(=O)N(CCN2CCCCC2)Cc2ccc(-c3ccc(C(F)(F)F)cc3)cc2)c2ccccc12.